The van der Waals surface area contributed by atoms with Crippen molar-refractivity contribution in [3.05, 3.63) is 29.8 Å². The average Bonchev–Trinajstić information content (AvgIpc) is 2.45. The first kappa shape index (κ1) is 12.4. The second-order valence-corrected chi connectivity index (χ2v) is 4.27. The van der Waals surface area contributed by atoms with Gasteiger partial charge in [0.25, 0.3) is 0 Å². The minimum absolute atomic E-state index is 0.0310. The number of aliphatic hydroxyl groups is 1. The van der Waals surface area contributed by atoms with Crippen molar-refractivity contribution in [3.8, 4) is 11.8 Å². The molecule has 0 aromatic heterocycles. The number of para-hydroxylation sites is 1. The Balaban J connectivity index is 2.33. The summed E-state index contributed by atoms with van der Waals surface area (Å²) >= 11 is 0. The van der Waals surface area contributed by atoms with Gasteiger partial charge in [-0.2, -0.15) is 5.26 Å². The fourth-order valence-electron chi connectivity index (χ4n) is 2.03. The lowest BCUT2D eigenvalue weighted by Crippen LogP contribution is -2.48. The van der Waals surface area contributed by atoms with E-state index in [9.17, 15) is 15.2 Å². The zero-order valence-corrected chi connectivity index (χ0v) is 9.92. The summed E-state index contributed by atoms with van der Waals surface area (Å²) in [6.07, 6.45) is -1.25. The molecule has 94 valence electrons. The van der Waals surface area contributed by atoms with Gasteiger partial charge in [-0.1, -0.05) is 18.2 Å². The third kappa shape index (κ3) is 1.91. The standard InChI is InChI=1S/C13H13NO4/c1-17-12(16)11(15)13(7-14)6-9-4-2-3-5-10(9)18-8-13/h2-5,11,15H,6,8H2,1H3. The van der Waals surface area contributed by atoms with Crippen LogP contribution in [-0.2, 0) is 16.0 Å². The van der Waals surface area contributed by atoms with Gasteiger partial charge in [-0.3, -0.25) is 0 Å². The summed E-state index contributed by atoms with van der Waals surface area (Å²) in [5.41, 5.74) is -0.491. The Bertz CT molecular complexity index is 508. The third-order valence-corrected chi connectivity index (χ3v) is 3.13. The lowest BCUT2D eigenvalue weighted by molar-refractivity contribution is -0.157. The minimum Gasteiger partial charge on any atom is -0.492 e. The monoisotopic (exact) mass is 247 g/mol. The number of fused-ring (bicyclic) bond motifs is 1. The first-order chi connectivity index (χ1) is 8.63. The number of aliphatic hydroxyl groups excluding tert-OH is 1. The van der Waals surface area contributed by atoms with Gasteiger partial charge in [0.1, 0.15) is 17.8 Å². The Kier molecular flexibility index (Phi) is 3.21. The van der Waals surface area contributed by atoms with Crippen LogP contribution >= 0.6 is 0 Å². The van der Waals surface area contributed by atoms with Crippen LogP contribution < -0.4 is 4.74 Å². The van der Waals surface area contributed by atoms with E-state index in [1.807, 2.05) is 24.3 Å². The molecule has 5 nitrogen and oxygen atoms in total. The van der Waals surface area contributed by atoms with E-state index in [1.54, 1.807) is 6.07 Å². The summed E-state index contributed by atoms with van der Waals surface area (Å²) in [6.45, 7) is -0.0310. The first-order valence-electron chi connectivity index (χ1n) is 5.51. The van der Waals surface area contributed by atoms with Gasteiger partial charge in [-0.15, -0.1) is 0 Å². The van der Waals surface area contributed by atoms with Gasteiger partial charge in [-0.25, -0.2) is 4.79 Å². The van der Waals surface area contributed by atoms with Crippen LogP contribution in [0, 0.1) is 16.7 Å². The molecule has 0 saturated carbocycles. The normalized spacial score (nSPS) is 23.2. The maximum atomic E-state index is 11.4. The Morgan fingerprint density at radius 2 is 2.33 bits per heavy atom. The molecule has 2 atom stereocenters. The highest BCUT2D eigenvalue weighted by atomic mass is 16.5. The second-order valence-electron chi connectivity index (χ2n) is 4.27. The molecule has 1 aromatic rings. The molecule has 5 heteroatoms. The second kappa shape index (κ2) is 4.67. The van der Waals surface area contributed by atoms with Crippen LogP contribution in [0.15, 0.2) is 24.3 Å². The van der Waals surface area contributed by atoms with Crippen LogP contribution in [0.2, 0.25) is 0 Å². The predicted octanol–water partition coefficient (Wildman–Crippen LogP) is 0.665. The van der Waals surface area contributed by atoms with Crippen molar-refractivity contribution in [2.45, 2.75) is 12.5 Å². The molecule has 0 bridgehead atoms. The molecule has 0 spiro atoms. The van der Waals surface area contributed by atoms with Crippen molar-refractivity contribution in [3.63, 3.8) is 0 Å². The quantitative estimate of drug-likeness (QED) is 0.777. The van der Waals surface area contributed by atoms with E-state index in [0.717, 1.165) is 5.56 Å². The zero-order chi connectivity index (χ0) is 13.2. The van der Waals surface area contributed by atoms with E-state index in [2.05, 4.69) is 4.74 Å². The highest BCUT2D eigenvalue weighted by Gasteiger charge is 2.47. The van der Waals surface area contributed by atoms with Crippen LogP contribution in [0.4, 0.5) is 0 Å². The molecular formula is C13H13NO4. The zero-order valence-electron chi connectivity index (χ0n) is 9.92. The molecule has 2 rings (SSSR count). The van der Waals surface area contributed by atoms with Crippen molar-refractivity contribution in [2.75, 3.05) is 13.7 Å². The maximum absolute atomic E-state index is 11.4. The number of rotatable bonds is 2. The van der Waals surface area contributed by atoms with E-state index < -0.39 is 17.5 Å². The summed E-state index contributed by atoms with van der Waals surface area (Å²) < 4.78 is 9.94. The molecule has 1 aliphatic rings. The number of esters is 1. The van der Waals surface area contributed by atoms with Crippen molar-refractivity contribution >= 4 is 5.97 Å². The molecular weight excluding hydrogens is 234 g/mol. The lowest BCUT2D eigenvalue weighted by Gasteiger charge is -2.34. The number of carbonyl (C=O) groups is 1. The minimum atomic E-state index is -1.51. The Morgan fingerprint density at radius 3 is 3.00 bits per heavy atom. The van der Waals surface area contributed by atoms with Gasteiger partial charge in [0, 0.05) is 6.42 Å². The molecule has 0 amide bonds. The van der Waals surface area contributed by atoms with Crippen molar-refractivity contribution in [1.82, 2.24) is 0 Å². The molecule has 1 heterocycles. The Morgan fingerprint density at radius 1 is 1.61 bits per heavy atom. The van der Waals surface area contributed by atoms with Gasteiger partial charge in [0.05, 0.1) is 13.2 Å². The summed E-state index contributed by atoms with van der Waals surface area (Å²) in [5.74, 6) is -0.139. The Labute approximate surface area is 105 Å². The number of methoxy groups -OCH3 is 1. The first-order valence-corrected chi connectivity index (χ1v) is 5.51. The van der Waals surface area contributed by atoms with E-state index in [4.69, 9.17) is 4.74 Å². The van der Waals surface area contributed by atoms with Crippen LogP contribution in [0.5, 0.6) is 5.75 Å². The van der Waals surface area contributed by atoms with Gasteiger partial charge in [0.15, 0.2) is 6.10 Å². The van der Waals surface area contributed by atoms with E-state index in [0.29, 0.717) is 5.75 Å². The van der Waals surface area contributed by atoms with Crippen LogP contribution in [0.3, 0.4) is 0 Å². The van der Waals surface area contributed by atoms with Crippen molar-refractivity contribution in [1.29, 1.82) is 5.26 Å². The fraction of sp³-hybridized carbons (Fsp3) is 0.385. The largest absolute Gasteiger partial charge is 0.492 e. The van der Waals surface area contributed by atoms with Crippen LogP contribution in [0.25, 0.3) is 0 Å². The van der Waals surface area contributed by atoms with Gasteiger partial charge < -0.3 is 14.6 Å². The number of carbonyl (C=O) groups excluding carboxylic acids is 1. The van der Waals surface area contributed by atoms with Crippen LogP contribution in [-0.4, -0.2) is 30.9 Å². The number of hydrogen-bond donors (Lipinski definition) is 1. The highest BCUT2D eigenvalue weighted by molar-refractivity contribution is 5.76. The molecule has 2 unspecified atom stereocenters. The van der Waals surface area contributed by atoms with Crippen molar-refractivity contribution < 1.29 is 19.4 Å². The van der Waals surface area contributed by atoms with Crippen LogP contribution in [0.1, 0.15) is 5.56 Å². The highest BCUT2D eigenvalue weighted by Crippen LogP contribution is 2.36. The molecule has 1 N–H and O–H groups in total. The SMILES string of the molecule is COC(=O)C(O)C1(C#N)COc2ccccc2C1. The smallest absolute Gasteiger partial charge is 0.336 e. The fourth-order valence-corrected chi connectivity index (χ4v) is 2.03. The number of benzene rings is 1. The maximum Gasteiger partial charge on any atom is 0.336 e. The molecule has 0 radical (unpaired) electrons. The molecule has 0 saturated heterocycles. The van der Waals surface area contributed by atoms with E-state index in [1.165, 1.54) is 7.11 Å². The summed E-state index contributed by atoms with van der Waals surface area (Å²) in [7, 11) is 1.17. The third-order valence-electron chi connectivity index (χ3n) is 3.13. The van der Waals surface area contributed by atoms with E-state index in [-0.39, 0.29) is 13.0 Å². The molecule has 18 heavy (non-hydrogen) atoms. The van der Waals surface area contributed by atoms with Crippen molar-refractivity contribution in [2.24, 2.45) is 5.41 Å². The summed E-state index contributed by atoms with van der Waals surface area (Å²) in [4.78, 5) is 11.4. The molecule has 1 aliphatic heterocycles. The number of nitrogens with zero attached hydrogens (tertiary/aromatic N) is 1. The molecule has 0 fully saturated rings. The molecule has 0 aliphatic carbocycles. The lowest BCUT2D eigenvalue weighted by atomic mass is 9.77. The molecule has 1 aromatic carbocycles. The average molecular weight is 247 g/mol. The summed E-state index contributed by atoms with van der Waals surface area (Å²) in [5, 5.41) is 19.2. The van der Waals surface area contributed by atoms with Gasteiger partial charge in [-0.05, 0) is 11.6 Å². The van der Waals surface area contributed by atoms with Gasteiger partial charge in [0.2, 0.25) is 0 Å². The number of ether oxygens (including phenoxy) is 2. The topological polar surface area (TPSA) is 79.5 Å². The summed E-state index contributed by atoms with van der Waals surface area (Å²) in [6, 6.07) is 9.25. The predicted molar refractivity (Wildman–Crippen MR) is 61.7 cm³/mol. The number of nitriles is 1. The number of hydrogen-bond acceptors (Lipinski definition) is 5. The van der Waals surface area contributed by atoms with Gasteiger partial charge >= 0.3 is 5.97 Å². The Hall–Kier alpha value is -2.06. The van der Waals surface area contributed by atoms with E-state index >= 15 is 0 Å².